The van der Waals surface area contributed by atoms with Crippen molar-refractivity contribution in [3.05, 3.63) is 24.5 Å². The minimum atomic E-state index is 0.217. The maximum Gasteiger partial charge on any atom is 0.152 e. The number of imidazole rings is 1. The van der Waals surface area contributed by atoms with Gasteiger partial charge in [-0.1, -0.05) is 5.92 Å². The molecule has 0 saturated heterocycles. The van der Waals surface area contributed by atoms with Gasteiger partial charge in [-0.3, -0.25) is 0 Å². The summed E-state index contributed by atoms with van der Waals surface area (Å²) in [4.78, 5) is 8.66. The summed E-state index contributed by atoms with van der Waals surface area (Å²) in [5.41, 5.74) is 8.25. The van der Waals surface area contributed by atoms with E-state index in [4.69, 9.17) is 21.6 Å². The smallest absolute Gasteiger partial charge is 0.152 e. The van der Waals surface area contributed by atoms with Crippen LogP contribution in [0.15, 0.2) is 24.5 Å². The molecule has 0 amide bonds. The second-order valence-electron chi connectivity index (χ2n) is 4.50. The van der Waals surface area contributed by atoms with E-state index in [2.05, 4.69) is 15.9 Å². The second-order valence-corrected chi connectivity index (χ2v) is 4.50. The fourth-order valence-corrected chi connectivity index (χ4v) is 2.29. The molecule has 0 saturated carbocycles. The Morgan fingerprint density at radius 1 is 1.43 bits per heavy atom. The van der Waals surface area contributed by atoms with E-state index < -0.39 is 0 Å². The predicted molar refractivity (Wildman–Crippen MR) is 80.8 cm³/mol. The zero-order valence-corrected chi connectivity index (χ0v) is 11.5. The molecule has 0 fully saturated rings. The van der Waals surface area contributed by atoms with E-state index >= 15 is 0 Å². The summed E-state index contributed by atoms with van der Waals surface area (Å²) in [6.45, 7) is 0.596. The second kappa shape index (κ2) is 5.31. The molecule has 1 aromatic carbocycles. The molecule has 2 N–H and O–H groups in total. The normalized spacial score (nSPS) is 10.9. The van der Waals surface area contributed by atoms with E-state index in [1.165, 1.54) is 0 Å². The Morgan fingerprint density at radius 3 is 3.05 bits per heavy atom. The van der Waals surface area contributed by atoms with Crippen LogP contribution in [0.1, 0.15) is 0 Å². The van der Waals surface area contributed by atoms with Gasteiger partial charge in [0, 0.05) is 12.5 Å². The maximum atomic E-state index is 5.96. The first-order valence-corrected chi connectivity index (χ1v) is 6.34. The number of methoxy groups -OCH3 is 1. The molecule has 2 heterocycles. The number of nitrogens with zero attached hydrogens (tertiary/aromatic N) is 3. The molecular weight excluding hydrogens is 268 g/mol. The fraction of sp³-hybridized carbons (Fsp3) is 0.200. The fourth-order valence-electron chi connectivity index (χ4n) is 2.29. The van der Waals surface area contributed by atoms with Gasteiger partial charge in [0.2, 0.25) is 0 Å². The van der Waals surface area contributed by atoms with Gasteiger partial charge in [0.1, 0.15) is 24.6 Å². The van der Waals surface area contributed by atoms with Crippen molar-refractivity contribution in [3.63, 3.8) is 0 Å². The molecule has 21 heavy (non-hydrogen) atoms. The zero-order valence-electron chi connectivity index (χ0n) is 11.5. The van der Waals surface area contributed by atoms with Crippen molar-refractivity contribution in [3.8, 4) is 18.1 Å². The third-order valence-electron chi connectivity index (χ3n) is 3.13. The number of fused-ring (bicyclic) bond motifs is 3. The topological polar surface area (TPSA) is 75.2 Å². The summed E-state index contributed by atoms with van der Waals surface area (Å²) in [6, 6.07) is 5.55. The Hall–Kier alpha value is -2.78. The highest BCUT2D eigenvalue weighted by Gasteiger charge is 2.13. The number of pyridine rings is 1. The maximum absolute atomic E-state index is 5.96. The van der Waals surface area contributed by atoms with Crippen LogP contribution in [0.4, 0.5) is 5.82 Å². The van der Waals surface area contributed by atoms with E-state index in [0.717, 1.165) is 16.4 Å². The van der Waals surface area contributed by atoms with Crippen LogP contribution in [0.2, 0.25) is 0 Å². The first kappa shape index (κ1) is 13.2. The van der Waals surface area contributed by atoms with Gasteiger partial charge in [0.05, 0.1) is 17.4 Å². The molecule has 0 aliphatic heterocycles. The number of nitrogens with two attached hydrogens (primary N) is 1. The molecule has 0 atom stereocenters. The lowest BCUT2D eigenvalue weighted by Crippen LogP contribution is -2.00. The standard InChI is InChI=1S/C15H14N4O2/c1-3-6-21-10-4-5-12-11(7-10)14-13(15(16)18-12)17-8-19(14)9-20-2/h1,4-5,7-8H,6,9H2,2H3,(H2,16,18). The molecule has 6 heteroatoms. The number of terminal acetylenes is 1. The number of aromatic nitrogens is 3. The van der Waals surface area contributed by atoms with Crippen molar-refractivity contribution < 1.29 is 9.47 Å². The van der Waals surface area contributed by atoms with E-state index in [0.29, 0.717) is 23.8 Å². The first-order valence-electron chi connectivity index (χ1n) is 6.34. The van der Waals surface area contributed by atoms with Crippen LogP contribution >= 0.6 is 0 Å². The monoisotopic (exact) mass is 282 g/mol. The van der Waals surface area contributed by atoms with E-state index in [9.17, 15) is 0 Å². The molecule has 6 nitrogen and oxygen atoms in total. The summed E-state index contributed by atoms with van der Waals surface area (Å²) >= 11 is 0. The van der Waals surface area contributed by atoms with Crippen molar-refractivity contribution in [2.45, 2.75) is 6.73 Å². The Morgan fingerprint density at radius 2 is 2.29 bits per heavy atom. The van der Waals surface area contributed by atoms with Gasteiger partial charge in [0.15, 0.2) is 5.82 Å². The number of anilines is 1. The van der Waals surface area contributed by atoms with Crippen LogP contribution in [0.3, 0.4) is 0 Å². The average Bonchev–Trinajstić information content (AvgIpc) is 2.91. The molecule has 0 radical (unpaired) electrons. The van der Waals surface area contributed by atoms with Crippen LogP contribution in [-0.4, -0.2) is 28.3 Å². The highest BCUT2D eigenvalue weighted by Crippen LogP contribution is 2.29. The van der Waals surface area contributed by atoms with E-state index in [1.807, 2.05) is 22.8 Å². The average molecular weight is 282 g/mol. The van der Waals surface area contributed by atoms with E-state index in [1.54, 1.807) is 13.4 Å². The lowest BCUT2D eigenvalue weighted by molar-refractivity contribution is 0.134. The largest absolute Gasteiger partial charge is 0.481 e. The summed E-state index contributed by atoms with van der Waals surface area (Å²) in [5, 5.41) is 0.892. The van der Waals surface area contributed by atoms with Gasteiger partial charge in [-0.05, 0) is 18.2 Å². The summed E-state index contributed by atoms with van der Waals surface area (Å²) in [5.74, 6) is 3.51. The Balaban J connectivity index is 2.27. The highest BCUT2D eigenvalue weighted by atomic mass is 16.5. The number of rotatable bonds is 4. The van der Waals surface area contributed by atoms with Gasteiger partial charge in [-0.2, -0.15) is 0 Å². The summed E-state index contributed by atoms with van der Waals surface area (Å²) < 4.78 is 12.5. The molecule has 0 bridgehead atoms. The van der Waals surface area contributed by atoms with Gasteiger partial charge >= 0.3 is 0 Å². The van der Waals surface area contributed by atoms with Crippen LogP contribution < -0.4 is 10.5 Å². The van der Waals surface area contributed by atoms with E-state index in [-0.39, 0.29) is 6.61 Å². The van der Waals surface area contributed by atoms with Crippen LogP contribution in [0, 0.1) is 12.3 Å². The minimum Gasteiger partial charge on any atom is -0.481 e. The Labute approximate surface area is 121 Å². The lowest BCUT2D eigenvalue weighted by atomic mass is 10.1. The molecule has 0 aliphatic carbocycles. The Kier molecular flexibility index (Phi) is 3.34. The summed E-state index contributed by atoms with van der Waals surface area (Å²) in [7, 11) is 1.63. The number of ether oxygens (including phenoxy) is 2. The van der Waals surface area contributed by atoms with Gasteiger partial charge in [-0.25, -0.2) is 9.97 Å². The highest BCUT2D eigenvalue weighted by molar-refractivity contribution is 6.06. The minimum absolute atomic E-state index is 0.217. The summed E-state index contributed by atoms with van der Waals surface area (Å²) in [6.07, 6.45) is 6.89. The molecule has 0 unspecified atom stereocenters. The zero-order chi connectivity index (χ0) is 14.8. The molecule has 0 spiro atoms. The third kappa shape index (κ3) is 2.24. The van der Waals surface area contributed by atoms with Crippen molar-refractivity contribution in [2.75, 3.05) is 19.5 Å². The number of hydrogen-bond donors (Lipinski definition) is 1. The molecular formula is C15H14N4O2. The molecule has 2 aromatic heterocycles. The number of hydrogen-bond acceptors (Lipinski definition) is 5. The molecule has 3 aromatic rings. The van der Waals surface area contributed by atoms with Gasteiger partial charge < -0.3 is 19.8 Å². The van der Waals surface area contributed by atoms with Crippen LogP contribution in [0.25, 0.3) is 21.9 Å². The number of nitrogen functional groups attached to an aromatic ring is 1. The lowest BCUT2D eigenvalue weighted by Gasteiger charge is -2.08. The van der Waals surface area contributed by atoms with Crippen molar-refractivity contribution >= 4 is 27.8 Å². The van der Waals surface area contributed by atoms with Gasteiger partial charge in [-0.15, -0.1) is 6.42 Å². The quantitative estimate of drug-likeness (QED) is 0.738. The van der Waals surface area contributed by atoms with Crippen LogP contribution in [-0.2, 0) is 11.5 Å². The molecule has 106 valence electrons. The molecule has 3 rings (SSSR count). The van der Waals surface area contributed by atoms with Crippen molar-refractivity contribution in [2.24, 2.45) is 0 Å². The Bertz CT molecular complexity index is 848. The molecule has 0 aliphatic rings. The first-order chi connectivity index (χ1) is 10.2. The SMILES string of the molecule is C#CCOc1ccc2nc(N)c3ncn(COC)c3c2c1. The third-order valence-corrected chi connectivity index (χ3v) is 3.13. The number of benzene rings is 1. The predicted octanol–water partition coefficient (Wildman–Crippen LogP) is 1.78. The van der Waals surface area contributed by atoms with Crippen molar-refractivity contribution in [1.82, 2.24) is 14.5 Å². The van der Waals surface area contributed by atoms with Crippen molar-refractivity contribution in [1.29, 1.82) is 0 Å². The van der Waals surface area contributed by atoms with Crippen LogP contribution in [0.5, 0.6) is 5.75 Å². The van der Waals surface area contributed by atoms with Gasteiger partial charge in [0.25, 0.3) is 0 Å².